The maximum absolute atomic E-state index is 14.1. The second-order valence-corrected chi connectivity index (χ2v) is 15.2. The van der Waals surface area contributed by atoms with Gasteiger partial charge in [-0.05, 0) is 41.0 Å². The van der Waals surface area contributed by atoms with Crippen molar-refractivity contribution >= 4 is 47.6 Å². The fraction of sp³-hybridized carbons (Fsp3) is 0.667. The highest BCUT2D eigenvalue weighted by molar-refractivity contribution is 14.1. The van der Waals surface area contributed by atoms with E-state index in [2.05, 4.69) is 47.2 Å². The number of anilines is 1. The molecule has 2 atom stereocenters. The van der Waals surface area contributed by atoms with Crippen molar-refractivity contribution in [2.75, 3.05) is 24.6 Å². The van der Waals surface area contributed by atoms with Gasteiger partial charge in [0.2, 0.25) is 0 Å². The predicted octanol–water partition coefficient (Wildman–Crippen LogP) is 4.53. The van der Waals surface area contributed by atoms with Crippen molar-refractivity contribution in [3.05, 3.63) is 16.0 Å². The molecule has 1 saturated heterocycles. The Hall–Kier alpha value is -0.743. The molecule has 0 N–H and O–H groups in total. The Morgan fingerprint density at radius 2 is 2.15 bits per heavy atom. The van der Waals surface area contributed by atoms with E-state index in [1.807, 2.05) is 22.6 Å². The molecule has 2 aromatic heterocycles. The number of nitrogens with zero attached hydrogens (tertiary/aromatic N) is 4. The molecule has 1 aliphatic heterocycles. The summed E-state index contributed by atoms with van der Waals surface area (Å²) in [5, 5.41) is 0. The summed E-state index contributed by atoms with van der Waals surface area (Å²) in [7, 11) is -1.09. The smallest absolute Gasteiger partial charge is 0.164 e. The van der Waals surface area contributed by atoms with Crippen LogP contribution in [0.1, 0.15) is 13.3 Å². The van der Waals surface area contributed by atoms with Gasteiger partial charge in [0.1, 0.15) is 24.2 Å². The van der Waals surface area contributed by atoms with E-state index in [1.54, 1.807) is 6.20 Å². The molecule has 0 aliphatic carbocycles. The lowest BCUT2D eigenvalue weighted by molar-refractivity contribution is 0.0898. The summed E-state index contributed by atoms with van der Waals surface area (Å²) in [5.41, 5.74) is 1.69. The van der Waals surface area contributed by atoms with Crippen LogP contribution >= 0.6 is 22.6 Å². The van der Waals surface area contributed by atoms with Gasteiger partial charge in [0.15, 0.2) is 5.65 Å². The minimum absolute atomic E-state index is 0.118. The summed E-state index contributed by atoms with van der Waals surface area (Å²) in [6, 6.07) is 1.14. The zero-order valence-electron chi connectivity index (χ0n) is 16.0. The Kier molecular flexibility index (Phi) is 6.23. The van der Waals surface area contributed by atoms with E-state index in [0.29, 0.717) is 13.3 Å². The molecule has 144 valence electrons. The van der Waals surface area contributed by atoms with Gasteiger partial charge in [0.05, 0.1) is 16.3 Å². The third-order valence-electron chi connectivity index (χ3n) is 4.93. The molecule has 0 amide bonds. The summed E-state index contributed by atoms with van der Waals surface area (Å²) >= 11 is 2.28. The van der Waals surface area contributed by atoms with E-state index in [4.69, 9.17) is 9.72 Å². The zero-order chi connectivity index (χ0) is 18.9. The van der Waals surface area contributed by atoms with Gasteiger partial charge in [-0.1, -0.05) is 26.6 Å². The number of halogens is 2. The first-order valence-electron chi connectivity index (χ1n) is 9.23. The Bertz CT molecular complexity index is 763. The molecule has 1 aliphatic rings. The van der Waals surface area contributed by atoms with Crippen LogP contribution in [0.3, 0.4) is 0 Å². The normalized spacial score (nSPS) is 21.5. The van der Waals surface area contributed by atoms with Crippen LogP contribution in [0.5, 0.6) is 0 Å². The molecular formula is C18H28FIN4OSi. The van der Waals surface area contributed by atoms with Crippen molar-refractivity contribution in [1.29, 1.82) is 0 Å². The van der Waals surface area contributed by atoms with Crippen LogP contribution in [-0.2, 0) is 11.5 Å². The molecule has 0 aromatic carbocycles. The van der Waals surface area contributed by atoms with E-state index in [0.717, 1.165) is 46.2 Å². The lowest BCUT2D eigenvalue weighted by Crippen LogP contribution is -2.41. The highest BCUT2D eigenvalue weighted by Crippen LogP contribution is 2.26. The van der Waals surface area contributed by atoms with Gasteiger partial charge in [0.25, 0.3) is 0 Å². The number of hydrogen-bond donors (Lipinski definition) is 0. The molecule has 5 nitrogen and oxygen atoms in total. The molecule has 0 unspecified atom stereocenters. The van der Waals surface area contributed by atoms with Gasteiger partial charge in [-0.25, -0.2) is 14.4 Å². The summed E-state index contributed by atoms with van der Waals surface area (Å²) in [4.78, 5) is 11.4. The summed E-state index contributed by atoms with van der Waals surface area (Å²) in [6.45, 7) is 11.5. The van der Waals surface area contributed by atoms with Crippen molar-refractivity contribution in [2.24, 2.45) is 5.92 Å². The second kappa shape index (κ2) is 8.10. The Morgan fingerprint density at radius 1 is 1.38 bits per heavy atom. The van der Waals surface area contributed by atoms with Crippen LogP contribution in [-0.4, -0.2) is 48.5 Å². The molecule has 2 aromatic rings. The van der Waals surface area contributed by atoms with Crippen molar-refractivity contribution in [2.45, 2.75) is 51.9 Å². The Labute approximate surface area is 169 Å². The number of alkyl halides is 1. The van der Waals surface area contributed by atoms with Crippen molar-refractivity contribution in [1.82, 2.24) is 14.5 Å². The number of rotatable bonds is 6. The second-order valence-electron chi connectivity index (χ2n) is 8.42. The SMILES string of the molecule is C[C@@H]1CCN(c2cnc3c(I)cn(COCC[Si](C)(C)C)c3n2)C[C@H]1F. The average molecular weight is 490 g/mol. The molecule has 0 saturated carbocycles. The third-order valence-corrected chi connectivity index (χ3v) is 7.42. The number of fused-ring (bicyclic) bond motifs is 1. The summed E-state index contributed by atoms with van der Waals surface area (Å²) < 4.78 is 23.1. The van der Waals surface area contributed by atoms with Crippen LogP contribution in [0.4, 0.5) is 10.2 Å². The van der Waals surface area contributed by atoms with Gasteiger partial charge in [-0.3, -0.25) is 0 Å². The van der Waals surface area contributed by atoms with Crippen LogP contribution in [0.15, 0.2) is 12.4 Å². The highest BCUT2D eigenvalue weighted by Gasteiger charge is 2.27. The van der Waals surface area contributed by atoms with Crippen molar-refractivity contribution < 1.29 is 9.13 Å². The Balaban J connectivity index is 1.75. The molecule has 3 rings (SSSR count). The quantitative estimate of drug-likeness (QED) is 0.339. The zero-order valence-corrected chi connectivity index (χ0v) is 19.2. The first-order chi connectivity index (χ1) is 12.2. The van der Waals surface area contributed by atoms with Gasteiger partial charge in [0, 0.05) is 27.4 Å². The molecule has 26 heavy (non-hydrogen) atoms. The highest BCUT2D eigenvalue weighted by atomic mass is 127. The molecular weight excluding hydrogens is 462 g/mol. The first-order valence-corrected chi connectivity index (χ1v) is 14.0. The van der Waals surface area contributed by atoms with Gasteiger partial charge >= 0.3 is 0 Å². The minimum atomic E-state index is -1.09. The number of aromatic nitrogens is 3. The molecule has 0 spiro atoms. The maximum Gasteiger partial charge on any atom is 0.164 e. The van der Waals surface area contributed by atoms with E-state index in [1.165, 1.54) is 0 Å². The fourth-order valence-corrected chi connectivity index (χ4v) is 4.49. The average Bonchev–Trinajstić information content (AvgIpc) is 2.89. The molecule has 0 radical (unpaired) electrons. The predicted molar refractivity (Wildman–Crippen MR) is 115 cm³/mol. The molecule has 0 bridgehead atoms. The minimum Gasteiger partial charge on any atom is -0.361 e. The lowest BCUT2D eigenvalue weighted by Gasteiger charge is -2.33. The van der Waals surface area contributed by atoms with E-state index in [9.17, 15) is 4.39 Å². The fourth-order valence-electron chi connectivity index (χ4n) is 3.02. The Morgan fingerprint density at radius 3 is 2.85 bits per heavy atom. The standard InChI is InChI=1S/C18H28FIN4OSi/c1-13-5-6-23(10-14(13)19)16-9-21-17-15(20)11-24(18(17)22-16)12-25-7-8-26(2,3)4/h9,11,13-14H,5-8,10,12H2,1-4H3/t13-,14-/m1/s1. The van der Waals surface area contributed by atoms with E-state index >= 15 is 0 Å². The van der Waals surface area contributed by atoms with Crippen LogP contribution < -0.4 is 4.90 Å². The van der Waals surface area contributed by atoms with Crippen LogP contribution in [0.2, 0.25) is 25.7 Å². The van der Waals surface area contributed by atoms with Crippen molar-refractivity contribution in [3.63, 3.8) is 0 Å². The topological polar surface area (TPSA) is 43.2 Å². The first kappa shape index (κ1) is 20.0. The van der Waals surface area contributed by atoms with Crippen molar-refractivity contribution in [3.8, 4) is 0 Å². The maximum atomic E-state index is 14.1. The molecule has 8 heteroatoms. The number of hydrogen-bond acceptors (Lipinski definition) is 4. The summed E-state index contributed by atoms with van der Waals surface area (Å²) in [6.07, 6.45) is 3.83. The monoisotopic (exact) mass is 490 g/mol. The van der Waals surface area contributed by atoms with Crippen LogP contribution in [0, 0.1) is 9.49 Å². The molecule has 3 heterocycles. The lowest BCUT2D eigenvalue weighted by atomic mass is 9.97. The van der Waals surface area contributed by atoms with Gasteiger partial charge < -0.3 is 14.2 Å². The number of piperidine rings is 1. The van der Waals surface area contributed by atoms with Gasteiger partial charge in [-0.15, -0.1) is 0 Å². The van der Waals surface area contributed by atoms with Gasteiger partial charge in [-0.2, -0.15) is 0 Å². The van der Waals surface area contributed by atoms with E-state index in [-0.39, 0.29) is 5.92 Å². The largest absolute Gasteiger partial charge is 0.361 e. The molecule has 1 fully saturated rings. The van der Waals surface area contributed by atoms with E-state index < -0.39 is 14.2 Å². The van der Waals surface area contributed by atoms with Crippen LogP contribution in [0.25, 0.3) is 11.2 Å². The third kappa shape index (κ3) is 4.75. The summed E-state index contributed by atoms with van der Waals surface area (Å²) in [5.74, 6) is 0.873. The number of ether oxygens (including phenoxy) is 1.